The van der Waals surface area contributed by atoms with Gasteiger partial charge in [0.2, 0.25) is 0 Å². The molecule has 1 aromatic carbocycles. The van der Waals surface area contributed by atoms with E-state index < -0.39 is 11.7 Å². The second-order valence-corrected chi connectivity index (χ2v) is 5.74. The summed E-state index contributed by atoms with van der Waals surface area (Å²) >= 11 is 0. The van der Waals surface area contributed by atoms with Crippen LogP contribution in [0.3, 0.4) is 0 Å². The molecule has 1 aliphatic heterocycles. The van der Waals surface area contributed by atoms with E-state index in [0.717, 1.165) is 17.0 Å². The fourth-order valence-electron chi connectivity index (χ4n) is 2.60. The van der Waals surface area contributed by atoms with E-state index in [1.807, 2.05) is 0 Å². The molecule has 1 aromatic rings. The predicted octanol–water partition coefficient (Wildman–Crippen LogP) is 1.00. The quantitative estimate of drug-likeness (QED) is 0.842. The molecule has 1 fully saturated rings. The smallest absolute Gasteiger partial charge is 0.416 e. The second-order valence-electron chi connectivity index (χ2n) is 5.74. The summed E-state index contributed by atoms with van der Waals surface area (Å²) in [6, 6.07) is 4.53. The molecule has 0 aliphatic carbocycles. The van der Waals surface area contributed by atoms with Crippen LogP contribution in [0.1, 0.15) is 12.5 Å². The minimum atomic E-state index is -4.45. The summed E-state index contributed by atoms with van der Waals surface area (Å²) in [4.78, 5) is 26.2. The van der Waals surface area contributed by atoms with Crippen molar-refractivity contribution < 1.29 is 32.4 Å². The van der Waals surface area contributed by atoms with Gasteiger partial charge in [0.15, 0.2) is 6.54 Å². The maximum absolute atomic E-state index is 12.7. The molecule has 0 aromatic heterocycles. The number of halogens is 3. The van der Waals surface area contributed by atoms with E-state index in [4.69, 9.17) is 4.74 Å². The lowest BCUT2D eigenvalue weighted by molar-refractivity contribution is -0.895. The van der Waals surface area contributed by atoms with E-state index >= 15 is 0 Å². The minimum absolute atomic E-state index is 0.115. The van der Waals surface area contributed by atoms with Crippen molar-refractivity contribution >= 4 is 17.7 Å². The molecular formula is C16H21F3N3O3+. The highest BCUT2D eigenvalue weighted by Crippen LogP contribution is 2.30. The lowest BCUT2D eigenvalue weighted by atomic mass is 10.2. The summed E-state index contributed by atoms with van der Waals surface area (Å²) in [6.45, 7) is 4.29. The number of ether oxygens (including phenoxy) is 1. The number of piperazine rings is 1. The molecule has 25 heavy (non-hydrogen) atoms. The minimum Gasteiger partial charge on any atom is -0.450 e. The van der Waals surface area contributed by atoms with Crippen LogP contribution in [0.4, 0.5) is 23.7 Å². The van der Waals surface area contributed by atoms with Gasteiger partial charge in [-0.1, -0.05) is 6.07 Å². The number of carbonyl (C=O) groups is 2. The largest absolute Gasteiger partial charge is 0.450 e. The fourth-order valence-corrected chi connectivity index (χ4v) is 2.60. The summed E-state index contributed by atoms with van der Waals surface area (Å²) < 4.78 is 42.9. The Morgan fingerprint density at radius 3 is 2.56 bits per heavy atom. The molecule has 1 aliphatic rings. The summed E-state index contributed by atoms with van der Waals surface area (Å²) in [5, 5.41) is 2.49. The SMILES string of the molecule is CCOC(=O)N1CC[NH+](CC(=O)Nc2cccc(C(F)(F)F)c2)CC1. The Morgan fingerprint density at radius 2 is 1.96 bits per heavy atom. The van der Waals surface area contributed by atoms with Crippen LogP contribution in [0.15, 0.2) is 24.3 Å². The molecule has 6 nitrogen and oxygen atoms in total. The van der Waals surface area contributed by atoms with Gasteiger partial charge in [-0.15, -0.1) is 0 Å². The van der Waals surface area contributed by atoms with Crippen LogP contribution in [0.5, 0.6) is 0 Å². The number of rotatable bonds is 4. The maximum Gasteiger partial charge on any atom is 0.416 e. The van der Waals surface area contributed by atoms with Crippen LogP contribution in [0.2, 0.25) is 0 Å². The first-order valence-electron chi connectivity index (χ1n) is 8.02. The van der Waals surface area contributed by atoms with Crippen molar-refractivity contribution in [2.24, 2.45) is 0 Å². The molecule has 1 saturated heterocycles. The van der Waals surface area contributed by atoms with Gasteiger partial charge in [-0.2, -0.15) is 13.2 Å². The number of nitrogens with zero attached hydrogens (tertiary/aromatic N) is 1. The van der Waals surface area contributed by atoms with Gasteiger partial charge in [-0.3, -0.25) is 9.69 Å². The van der Waals surface area contributed by atoms with Crippen LogP contribution >= 0.6 is 0 Å². The molecular weight excluding hydrogens is 339 g/mol. The number of hydrogen-bond donors (Lipinski definition) is 2. The van der Waals surface area contributed by atoms with Crippen molar-refractivity contribution in [3.8, 4) is 0 Å². The molecule has 138 valence electrons. The van der Waals surface area contributed by atoms with Crippen molar-refractivity contribution in [1.82, 2.24) is 4.90 Å². The van der Waals surface area contributed by atoms with E-state index in [0.29, 0.717) is 32.8 Å². The lowest BCUT2D eigenvalue weighted by Crippen LogP contribution is -3.15. The van der Waals surface area contributed by atoms with Crippen molar-refractivity contribution in [1.29, 1.82) is 0 Å². The number of amides is 2. The highest BCUT2D eigenvalue weighted by molar-refractivity contribution is 5.91. The van der Waals surface area contributed by atoms with E-state index in [9.17, 15) is 22.8 Å². The number of quaternary nitrogens is 1. The Bertz CT molecular complexity index is 614. The maximum atomic E-state index is 12.7. The molecule has 9 heteroatoms. The summed E-state index contributed by atoms with van der Waals surface area (Å²) in [5.41, 5.74) is -0.690. The molecule has 0 unspecified atom stereocenters. The first-order chi connectivity index (χ1) is 11.8. The Kier molecular flexibility index (Phi) is 6.24. The molecule has 0 bridgehead atoms. The topological polar surface area (TPSA) is 63.1 Å². The number of hydrogen-bond acceptors (Lipinski definition) is 3. The zero-order valence-electron chi connectivity index (χ0n) is 13.9. The molecule has 1 heterocycles. The molecule has 2 N–H and O–H groups in total. The number of benzene rings is 1. The van der Waals surface area contributed by atoms with Gasteiger partial charge in [0.25, 0.3) is 5.91 Å². The average molecular weight is 360 g/mol. The number of alkyl halides is 3. The van der Waals surface area contributed by atoms with Crippen LogP contribution < -0.4 is 10.2 Å². The predicted molar refractivity (Wildman–Crippen MR) is 84.2 cm³/mol. The zero-order chi connectivity index (χ0) is 18.4. The monoisotopic (exact) mass is 360 g/mol. The first-order valence-corrected chi connectivity index (χ1v) is 8.02. The zero-order valence-corrected chi connectivity index (χ0v) is 13.9. The molecule has 2 rings (SSSR count). The average Bonchev–Trinajstić information content (AvgIpc) is 2.55. The normalized spacial score (nSPS) is 15.8. The van der Waals surface area contributed by atoms with Crippen molar-refractivity contribution in [3.05, 3.63) is 29.8 Å². The second kappa shape index (κ2) is 8.19. The van der Waals surface area contributed by atoms with Crippen LogP contribution in [-0.2, 0) is 15.7 Å². The van der Waals surface area contributed by atoms with E-state index in [1.54, 1.807) is 11.8 Å². The summed E-state index contributed by atoms with van der Waals surface area (Å²) in [5.74, 6) is -0.362. The Labute approximate surface area is 143 Å². The molecule has 0 saturated carbocycles. The molecule has 0 atom stereocenters. The van der Waals surface area contributed by atoms with Gasteiger partial charge in [0, 0.05) is 5.69 Å². The molecule has 0 radical (unpaired) electrons. The van der Waals surface area contributed by atoms with Gasteiger partial charge >= 0.3 is 12.3 Å². The highest BCUT2D eigenvalue weighted by Gasteiger charge is 2.31. The van der Waals surface area contributed by atoms with Gasteiger partial charge in [-0.25, -0.2) is 4.79 Å². The number of nitrogens with one attached hydrogen (secondary N) is 2. The third-order valence-corrected chi connectivity index (χ3v) is 3.88. The lowest BCUT2D eigenvalue weighted by Gasteiger charge is -2.31. The Morgan fingerprint density at radius 1 is 1.28 bits per heavy atom. The number of anilines is 1. The standard InChI is InChI=1S/C16H20F3N3O3/c1-2-25-15(24)22-8-6-21(7-9-22)11-14(23)20-13-5-3-4-12(10-13)16(17,18)19/h3-5,10H,2,6-9,11H2,1H3,(H,20,23)/p+1. The third-order valence-electron chi connectivity index (χ3n) is 3.88. The summed E-state index contributed by atoms with van der Waals surface area (Å²) in [6.07, 6.45) is -4.81. The molecule has 0 spiro atoms. The first kappa shape index (κ1) is 19.0. The van der Waals surface area contributed by atoms with Crippen molar-refractivity contribution in [2.45, 2.75) is 13.1 Å². The van der Waals surface area contributed by atoms with E-state index in [1.165, 1.54) is 12.1 Å². The number of carbonyl (C=O) groups excluding carboxylic acids is 2. The van der Waals surface area contributed by atoms with Crippen molar-refractivity contribution in [2.75, 3.05) is 44.6 Å². The van der Waals surface area contributed by atoms with Gasteiger partial charge < -0.3 is 15.0 Å². The molecule has 2 amide bonds. The van der Waals surface area contributed by atoms with Gasteiger partial charge in [0.05, 0.1) is 38.3 Å². The summed E-state index contributed by atoms with van der Waals surface area (Å²) in [7, 11) is 0. The third kappa shape index (κ3) is 5.63. The Hall–Kier alpha value is -2.29. The van der Waals surface area contributed by atoms with Gasteiger partial charge in [0.1, 0.15) is 0 Å². The van der Waals surface area contributed by atoms with Crippen molar-refractivity contribution in [3.63, 3.8) is 0 Å². The Balaban J connectivity index is 1.83. The fraction of sp³-hybridized carbons (Fsp3) is 0.500. The highest BCUT2D eigenvalue weighted by atomic mass is 19.4. The van der Waals surface area contributed by atoms with E-state index in [2.05, 4.69) is 5.32 Å². The van der Waals surface area contributed by atoms with Crippen LogP contribution in [-0.4, -0.2) is 56.2 Å². The van der Waals surface area contributed by atoms with Crippen LogP contribution in [0, 0.1) is 0 Å². The van der Waals surface area contributed by atoms with Crippen LogP contribution in [0.25, 0.3) is 0 Å². The van der Waals surface area contributed by atoms with Gasteiger partial charge in [-0.05, 0) is 25.1 Å². The van der Waals surface area contributed by atoms with E-state index in [-0.39, 0.29) is 24.2 Å².